The van der Waals surface area contributed by atoms with Crippen LogP contribution in [0.4, 0.5) is 4.79 Å². The lowest BCUT2D eigenvalue weighted by molar-refractivity contribution is -0.0821. The van der Waals surface area contributed by atoms with E-state index in [2.05, 4.69) is 5.32 Å². The summed E-state index contributed by atoms with van der Waals surface area (Å²) in [6.45, 7) is 7.46. The fourth-order valence-electron chi connectivity index (χ4n) is 3.66. The number of nitrogens with zero attached hydrogens (tertiary/aromatic N) is 1. The van der Waals surface area contributed by atoms with E-state index in [1.165, 1.54) is 0 Å². The van der Waals surface area contributed by atoms with Gasteiger partial charge in [0.25, 0.3) is 0 Å². The molecule has 1 N–H and O–H groups in total. The molecule has 0 aromatic rings. The maximum Gasteiger partial charge on any atom is 0.410 e. The predicted octanol–water partition coefficient (Wildman–Crippen LogP) is 1.86. The number of rotatable bonds is 0. The van der Waals surface area contributed by atoms with Crippen molar-refractivity contribution in [2.75, 3.05) is 13.2 Å². The third-order valence-corrected chi connectivity index (χ3v) is 4.28. The predicted molar refractivity (Wildman–Crippen MR) is 70.8 cm³/mol. The summed E-state index contributed by atoms with van der Waals surface area (Å²) in [5.41, 5.74) is -0.599. The van der Waals surface area contributed by atoms with Crippen molar-refractivity contribution in [3.05, 3.63) is 0 Å². The first-order chi connectivity index (χ1) is 8.89. The van der Waals surface area contributed by atoms with Gasteiger partial charge in [0.1, 0.15) is 11.3 Å². The zero-order valence-electron chi connectivity index (χ0n) is 12.1. The van der Waals surface area contributed by atoms with Gasteiger partial charge in [-0.1, -0.05) is 0 Å². The molecule has 2 unspecified atom stereocenters. The number of fused-ring (bicyclic) bond motifs is 2. The smallest absolute Gasteiger partial charge is 0.410 e. The Labute approximate surface area is 114 Å². The van der Waals surface area contributed by atoms with Gasteiger partial charge in [-0.2, -0.15) is 0 Å². The van der Waals surface area contributed by atoms with Crippen LogP contribution in [-0.4, -0.2) is 47.6 Å². The van der Waals surface area contributed by atoms with Crippen LogP contribution in [0.1, 0.15) is 46.5 Å². The van der Waals surface area contributed by atoms with Gasteiger partial charge in [-0.3, -0.25) is 5.32 Å². The Hall–Kier alpha value is -0.810. The number of carbonyl (C=O) groups is 1. The molecule has 3 heterocycles. The molecule has 3 aliphatic heterocycles. The lowest BCUT2D eigenvalue weighted by Crippen LogP contribution is -2.58. The fraction of sp³-hybridized carbons (Fsp3) is 0.929. The molecular formula is C14H24N2O3. The van der Waals surface area contributed by atoms with Gasteiger partial charge in [0.2, 0.25) is 0 Å². The van der Waals surface area contributed by atoms with E-state index in [0.717, 1.165) is 38.8 Å². The highest BCUT2D eigenvalue weighted by Crippen LogP contribution is 2.43. The van der Waals surface area contributed by atoms with Crippen LogP contribution in [0.15, 0.2) is 0 Å². The van der Waals surface area contributed by atoms with Crippen LogP contribution in [-0.2, 0) is 9.47 Å². The average Bonchev–Trinajstić information content (AvgIpc) is 2.81. The van der Waals surface area contributed by atoms with Gasteiger partial charge < -0.3 is 14.4 Å². The van der Waals surface area contributed by atoms with E-state index in [4.69, 9.17) is 9.47 Å². The van der Waals surface area contributed by atoms with Crippen LogP contribution in [0.5, 0.6) is 0 Å². The summed E-state index contributed by atoms with van der Waals surface area (Å²) in [5, 5.41) is 3.48. The Morgan fingerprint density at radius 1 is 1.32 bits per heavy atom. The number of amides is 1. The van der Waals surface area contributed by atoms with E-state index >= 15 is 0 Å². The molecule has 19 heavy (non-hydrogen) atoms. The molecule has 1 spiro atoms. The number of ether oxygens (including phenoxy) is 2. The van der Waals surface area contributed by atoms with Crippen molar-refractivity contribution in [1.29, 1.82) is 0 Å². The molecule has 0 aromatic carbocycles. The quantitative estimate of drug-likeness (QED) is 0.728. The van der Waals surface area contributed by atoms with Gasteiger partial charge in [-0.25, -0.2) is 4.79 Å². The zero-order valence-corrected chi connectivity index (χ0v) is 12.1. The first kappa shape index (κ1) is 13.2. The highest BCUT2D eigenvalue weighted by Gasteiger charge is 2.52. The van der Waals surface area contributed by atoms with Crippen molar-refractivity contribution in [3.63, 3.8) is 0 Å². The lowest BCUT2D eigenvalue weighted by Gasteiger charge is -2.44. The minimum absolute atomic E-state index is 0.159. The highest BCUT2D eigenvalue weighted by molar-refractivity contribution is 5.69. The SMILES string of the molecule is CC(C)(C)OC(=O)N1C2CCC1CC1(C2)NCCO1. The molecule has 108 valence electrons. The van der Waals surface area contributed by atoms with Gasteiger partial charge in [0, 0.05) is 31.5 Å². The second-order valence-electron chi connectivity index (χ2n) is 6.95. The van der Waals surface area contributed by atoms with E-state index in [1.807, 2.05) is 25.7 Å². The van der Waals surface area contributed by atoms with E-state index < -0.39 is 5.60 Å². The maximum atomic E-state index is 12.3. The molecule has 3 saturated heterocycles. The van der Waals surface area contributed by atoms with Crippen LogP contribution < -0.4 is 5.32 Å². The van der Waals surface area contributed by atoms with Crippen LogP contribution >= 0.6 is 0 Å². The van der Waals surface area contributed by atoms with Crippen molar-refractivity contribution in [3.8, 4) is 0 Å². The third kappa shape index (κ3) is 2.46. The van der Waals surface area contributed by atoms with Crippen LogP contribution in [0, 0.1) is 0 Å². The largest absolute Gasteiger partial charge is 0.444 e. The van der Waals surface area contributed by atoms with Gasteiger partial charge in [-0.15, -0.1) is 0 Å². The minimum atomic E-state index is -0.423. The summed E-state index contributed by atoms with van der Waals surface area (Å²) in [7, 11) is 0. The molecule has 0 aliphatic carbocycles. The topological polar surface area (TPSA) is 50.8 Å². The molecule has 5 heteroatoms. The van der Waals surface area contributed by atoms with Gasteiger partial charge in [0.05, 0.1) is 6.61 Å². The molecule has 2 atom stereocenters. The molecule has 1 amide bonds. The van der Waals surface area contributed by atoms with Crippen LogP contribution in [0.25, 0.3) is 0 Å². The number of nitrogens with one attached hydrogen (secondary N) is 1. The Morgan fingerprint density at radius 3 is 2.42 bits per heavy atom. The Kier molecular flexibility index (Phi) is 3.02. The Bertz CT molecular complexity index is 355. The molecule has 0 radical (unpaired) electrons. The average molecular weight is 268 g/mol. The normalized spacial score (nSPS) is 37.9. The molecule has 0 saturated carbocycles. The van der Waals surface area contributed by atoms with Crippen molar-refractivity contribution < 1.29 is 14.3 Å². The summed E-state index contributed by atoms with van der Waals surface area (Å²) < 4.78 is 11.4. The molecule has 3 aliphatic rings. The second-order valence-corrected chi connectivity index (χ2v) is 6.95. The highest BCUT2D eigenvalue weighted by atomic mass is 16.6. The number of carbonyl (C=O) groups excluding carboxylic acids is 1. The van der Waals surface area contributed by atoms with E-state index in [-0.39, 0.29) is 23.9 Å². The van der Waals surface area contributed by atoms with Crippen molar-refractivity contribution in [2.45, 2.75) is 69.9 Å². The van der Waals surface area contributed by atoms with E-state index in [9.17, 15) is 4.79 Å². The lowest BCUT2D eigenvalue weighted by atomic mass is 9.94. The Morgan fingerprint density at radius 2 is 1.95 bits per heavy atom. The first-order valence-electron chi connectivity index (χ1n) is 7.29. The maximum absolute atomic E-state index is 12.3. The number of hydrogen-bond donors (Lipinski definition) is 1. The molecule has 2 bridgehead atoms. The summed E-state index contributed by atoms with van der Waals surface area (Å²) in [6, 6.07) is 0.526. The number of piperidine rings is 1. The first-order valence-corrected chi connectivity index (χ1v) is 7.29. The second kappa shape index (κ2) is 4.35. The van der Waals surface area contributed by atoms with Gasteiger partial charge >= 0.3 is 6.09 Å². The van der Waals surface area contributed by atoms with Gasteiger partial charge in [-0.05, 0) is 33.6 Å². The van der Waals surface area contributed by atoms with Crippen LogP contribution in [0.2, 0.25) is 0 Å². The van der Waals surface area contributed by atoms with Crippen LogP contribution in [0.3, 0.4) is 0 Å². The summed E-state index contributed by atoms with van der Waals surface area (Å²) in [4.78, 5) is 14.3. The summed E-state index contributed by atoms with van der Waals surface area (Å²) in [5.74, 6) is 0. The molecular weight excluding hydrogens is 244 g/mol. The molecule has 5 nitrogen and oxygen atoms in total. The molecule has 0 aromatic heterocycles. The Balaban J connectivity index is 1.71. The molecule has 3 rings (SSSR count). The van der Waals surface area contributed by atoms with E-state index in [0.29, 0.717) is 0 Å². The third-order valence-electron chi connectivity index (χ3n) is 4.28. The molecule has 3 fully saturated rings. The number of hydrogen-bond acceptors (Lipinski definition) is 4. The summed E-state index contributed by atoms with van der Waals surface area (Å²) in [6.07, 6.45) is 3.76. The zero-order chi connectivity index (χ0) is 13.7. The summed E-state index contributed by atoms with van der Waals surface area (Å²) >= 11 is 0. The van der Waals surface area contributed by atoms with E-state index in [1.54, 1.807) is 0 Å². The standard InChI is InChI=1S/C14H24N2O3/c1-13(2,3)19-12(17)16-10-4-5-11(16)9-14(8-10)15-6-7-18-14/h10-11,15H,4-9H2,1-3H3. The fourth-order valence-corrected chi connectivity index (χ4v) is 3.66. The van der Waals surface area contributed by atoms with Crippen molar-refractivity contribution in [2.24, 2.45) is 0 Å². The monoisotopic (exact) mass is 268 g/mol. The van der Waals surface area contributed by atoms with Crippen molar-refractivity contribution in [1.82, 2.24) is 10.2 Å². The minimum Gasteiger partial charge on any atom is -0.444 e. The van der Waals surface area contributed by atoms with Crippen molar-refractivity contribution >= 4 is 6.09 Å². The van der Waals surface area contributed by atoms with Gasteiger partial charge in [0.15, 0.2) is 0 Å².